The number of hydrogen-bond acceptors (Lipinski definition) is 4. The van der Waals surface area contributed by atoms with Crippen LogP contribution < -0.4 is 0 Å². The highest BCUT2D eigenvalue weighted by Gasteiger charge is 2.50. The van der Waals surface area contributed by atoms with E-state index in [4.69, 9.17) is 0 Å². The van der Waals surface area contributed by atoms with Crippen molar-refractivity contribution in [3.63, 3.8) is 0 Å². The molecule has 6 atom stereocenters. The molecule has 0 heterocycles. The van der Waals surface area contributed by atoms with Gasteiger partial charge in [0, 0.05) is 0 Å². The summed E-state index contributed by atoms with van der Waals surface area (Å²) in [4.78, 5) is 0. The minimum atomic E-state index is -1.42. The van der Waals surface area contributed by atoms with Crippen molar-refractivity contribution >= 4 is 0 Å². The Morgan fingerprint density at radius 3 is 2.35 bits per heavy atom. The van der Waals surface area contributed by atoms with Gasteiger partial charge < -0.3 is 20.4 Å². The fourth-order valence-electron chi connectivity index (χ4n) is 6.85. The summed E-state index contributed by atoms with van der Waals surface area (Å²) < 4.78 is 0. The highest BCUT2D eigenvalue weighted by Crippen LogP contribution is 2.60. The Morgan fingerprint density at radius 2 is 1.74 bits per heavy atom. The molecule has 4 N–H and O–H groups in total. The molecule has 0 radical (unpaired) electrons. The van der Waals surface area contributed by atoms with Gasteiger partial charge in [-0.05, 0) is 95.3 Å². The summed E-state index contributed by atoms with van der Waals surface area (Å²) in [5, 5.41) is 40.7. The van der Waals surface area contributed by atoms with Crippen LogP contribution in [-0.4, -0.2) is 43.8 Å². The molecule has 0 amide bonds. The van der Waals surface area contributed by atoms with Crippen LogP contribution in [0.15, 0.2) is 23.3 Å². The zero-order valence-electron chi connectivity index (χ0n) is 20.4. The van der Waals surface area contributed by atoms with Crippen molar-refractivity contribution < 1.29 is 20.4 Å². The van der Waals surface area contributed by atoms with Crippen LogP contribution in [0.5, 0.6) is 0 Å². The van der Waals surface area contributed by atoms with Crippen molar-refractivity contribution in [3.05, 3.63) is 23.3 Å². The molecule has 0 aromatic heterocycles. The second-order valence-electron chi connectivity index (χ2n) is 12.0. The molecule has 0 aliphatic heterocycles. The molecule has 4 nitrogen and oxygen atoms in total. The number of aliphatic hydroxyl groups excluding tert-OH is 2. The number of fused-ring (bicyclic) bond motifs is 1. The van der Waals surface area contributed by atoms with Crippen LogP contribution >= 0.6 is 0 Å². The normalized spacial score (nSPS) is 41.3. The van der Waals surface area contributed by atoms with E-state index in [-0.39, 0.29) is 0 Å². The fraction of sp³-hybridized carbons (Fsp3) is 0.852. The van der Waals surface area contributed by atoms with Crippen molar-refractivity contribution in [3.8, 4) is 0 Å². The first kappa shape index (κ1) is 25.0. The van der Waals surface area contributed by atoms with Gasteiger partial charge in [-0.25, -0.2) is 0 Å². The zero-order valence-corrected chi connectivity index (χ0v) is 20.4. The number of aliphatic hydroxyl groups is 4. The van der Waals surface area contributed by atoms with Gasteiger partial charge in [0.2, 0.25) is 0 Å². The predicted octanol–water partition coefficient (Wildman–Crippen LogP) is 4.90. The Labute approximate surface area is 189 Å². The Morgan fingerprint density at radius 1 is 1.10 bits per heavy atom. The summed E-state index contributed by atoms with van der Waals surface area (Å²) in [6, 6.07) is 0. The SMILES string of the molecule is C[C@H](CCCC(C)(C)O)[C@H]1CC[C@H]2/C(=C\C=C3C[C@@H](O)C(C)(O)[C@H](O)C3)CCC[C@]12C. The molecule has 31 heavy (non-hydrogen) atoms. The molecular weight excluding hydrogens is 388 g/mol. The Kier molecular flexibility index (Phi) is 7.48. The van der Waals surface area contributed by atoms with Crippen molar-refractivity contribution in [1.82, 2.24) is 0 Å². The lowest BCUT2D eigenvalue weighted by Gasteiger charge is -2.44. The quantitative estimate of drug-likeness (QED) is 0.479. The molecule has 3 saturated carbocycles. The van der Waals surface area contributed by atoms with Gasteiger partial charge >= 0.3 is 0 Å². The zero-order chi connectivity index (χ0) is 23.0. The largest absolute Gasteiger partial charge is 0.390 e. The molecule has 0 bridgehead atoms. The lowest BCUT2D eigenvalue weighted by atomic mass is 9.60. The second kappa shape index (κ2) is 9.29. The van der Waals surface area contributed by atoms with E-state index in [0.717, 1.165) is 30.8 Å². The third-order valence-corrected chi connectivity index (χ3v) is 8.97. The van der Waals surface area contributed by atoms with E-state index < -0.39 is 23.4 Å². The van der Waals surface area contributed by atoms with Crippen LogP contribution in [0.1, 0.15) is 98.8 Å². The van der Waals surface area contributed by atoms with Crippen LogP contribution in [0.2, 0.25) is 0 Å². The van der Waals surface area contributed by atoms with E-state index in [2.05, 4.69) is 26.0 Å². The van der Waals surface area contributed by atoms with Gasteiger partial charge in [-0.2, -0.15) is 0 Å². The predicted molar refractivity (Wildman–Crippen MR) is 126 cm³/mol. The molecule has 0 saturated heterocycles. The van der Waals surface area contributed by atoms with Crippen molar-refractivity contribution in [2.45, 2.75) is 122 Å². The molecule has 0 unspecified atom stereocenters. The van der Waals surface area contributed by atoms with E-state index in [1.165, 1.54) is 44.6 Å². The molecule has 3 rings (SSSR count). The number of rotatable bonds is 6. The first-order valence-corrected chi connectivity index (χ1v) is 12.5. The van der Waals surface area contributed by atoms with Crippen molar-refractivity contribution in [2.24, 2.45) is 23.2 Å². The molecular formula is C27H46O4. The van der Waals surface area contributed by atoms with Gasteiger partial charge in [-0.15, -0.1) is 0 Å². The maximum atomic E-state index is 10.2. The van der Waals surface area contributed by atoms with Gasteiger partial charge in [-0.3, -0.25) is 0 Å². The first-order chi connectivity index (χ1) is 14.3. The summed E-state index contributed by atoms with van der Waals surface area (Å²) in [6.45, 7) is 10.3. The average molecular weight is 435 g/mol. The van der Waals surface area contributed by atoms with Crippen LogP contribution in [0, 0.1) is 23.2 Å². The molecule has 0 aromatic rings. The Bertz CT molecular complexity index is 670. The maximum Gasteiger partial charge on any atom is 0.114 e. The van der Waals surface area contributed by atoms with E-state index in [0.29, 0.717) is 30.1 Å². The Hall–Kier alpha value is -0.680. The van der Waals surface area contributed by atoms with E-state index in [1.54, 1.807) is 0 Å². The van der Waals surface area contributed by atoms with Crippen molar-refractivity contribution in [2.75, 3.05) is 0 Å². The summed E-state index contributed by atoms with van der Waals surface area (Å²) in [5.74, 6) is 2.05. The monoisotopic (exact) mass is 434 g/mol. The summed E-state index contributed by atoms with van der Waals surface area (Å²) in [7, 11) is 0. The average Bonchev–Trinajstić information content (AvgIpc) is 3.01. The lowest BCUT2D eigenvalue weighted by molar-refractivity contribution is -0.144. The topological polar surface area (TPSA) is 80.9 Å². The second-order valence-corrected chi connectivity index (χ2v) is 12.0. The van der Waals surface area contributed by atoms with Crippen LogP contribution in [0.25, 0.3) is 0 Å². The van der Waals surface area contributed by atoms with E-state index in [9.17, 15) is 20.4 Å². The summed E-state index contributed by atoms with van der Waals surface area (Å²) in [6.07, 6.45) is 12.8. The first-order valence-electron chi connectivity index (χ1n) is 12.5. The number of hydrogen-bond donors (Lipinski definition) is 4. The molecule has 0 aromatic carbocycles. The summed E-state index contributed by atoms with van der Waals surface area (Å²) >= 11 is 0. The van der Waals surface area contributed by atoms with Gasteiger partial charge in [-0.1, -0.05) is 50.0 Å². The standard InChI is InChI=1S/C27H46O4/c1-18(8-6-14-25(2,3)30)21-12-13-22-20(9-7-15-26(21,22)4)11-10-19-16-23(28)27(5,31)24(29)17-19/h10-11,18,21-24,28-31H,6-9,12-17H2,1-5H3/b19-10?,20-11-/t18-,21-,22+,23-,24-,26-,27?/m1/s1. The lowest BCUT2D eigenvalue weighted by Crippen LogP contribution is -2.52. The van der Waals surface area contributed by atoms with Crippen LogP contribution in [0.3, 0.4) is 0 Å². The molecule has 3 fully saturated rings. The van der Waals surface area contributed by atoms with Crippen molar-refractivity contribution in [1.29, 1.82) is 0 Å². The van der Waals surface area contributed by atoms with Gasteiger partial charge in [0.1, 0.15) is 5.60 Å². The smallest absolute Gasteiger partial charge is 0.114 e. The minimum absolute atomic E-state index is 0.353. The molecule has 3 aliphatic carbocycles. The van der Waals surface area contributed by atoms with Gasteiger partial charge in [0.25, 0.3) is 0 Å². The van der Waals surface area contributed by atoms with Crippen LogP contribution in [0.4, 0.5) is 0 Å². The summed E-state index contributed by atoms with van der Waals surface area (Å²) in [5.41, 5.74) is 0.929. The maximum absolute atomic E-state index is 10.2. The molecule has 3 aliphatic rings. The van der Waals surface area contributed by atoms with E-state index in [1.807, 2.05) is 13.8 Å². The molecule has 0 spiro atoms. The third kappa shape index (κ3) is 5.46. The molecule has 178 valence electrons. The highest BCUT2D eigenvalue weighted by atomic mass is 16.4. The number of allylic oxidation sites excluding steroid dienone is 3. The van der Waals surface area contributed by atoms with Gasteiger partial charge in [0.05, 0.1) is 17.8 Å². The highest BCUT2D eigenvalue weighted by molar-refractivity contribution is 5.27. The third-order valence-electron chi connectivity index (χ3n) is 8.97. The van der Waals surface area contributed by atoms with Crippen LogP contribution in [-0.2, 0) is 0 Å². The van der Waals surface area contributed by atoms with E-state index >= 15 is 0 Å². The van der Waals surface area contributed by atoms with Gasteiger partial charge in [0.15, 0.2) is 0 Å². The Balaban J connectivity index is 1.68. The minimum Gasteiger partial charge on any atom is -0.390 e. The molecule has 4 heteroatoms. The fourth-order valence-corrected chi connectivity index (χ4v) is 6.85.